The van der Waals surface area contributed by atoms with Crippen molar-refractivity contribution in [2.24, 2.45) is 0 Å². The predicted molar refractivity (Wildman–Crippen MR) is 183 cm³/mol. The van der Waals surface area contributed by atoms with E-state index in [1.807, 2.05) is 36.4 Å². The van der Waals surface area contributed by atoms with E-state index in [2.05, 4.69) is 39.1 Å². The first kappa shape index (κ1) is 32.4. The number of carbonyl (C=O) groups excluding carboxylic acids is 1. The van der Waals surface area contributed by atoms with Crippen LogP contribution < -0.4 is 20.7 Å². The molecule has 3 heterocycles. The van der Waals surface area contributed by atoms with E-state index in [9.17, 15) is 9.90 Å². The van der Waals surface area contributed by atoms with Crippen LogP contribution in [0.3, 0.4) is 0 Å². The van der Waals surface area contributed by atoms with Crippen molar-refractivity contribution in [2.75, 3.05) is 20.2 Å². The van der Waals surface area contributed by atoms with E-state index in [4.69, 9.17) is 32.9 Å². The minimum Gasteiger partial charge on any atom is -0.481 e. The van der Waals surface area contributed by atoms with Gasteiger partial charge in [0, 0.05) is 72.2 Å². The van der Waals surface area contributed by atoms with E-state index in [-0.39, 0.29) is 24.1 Å². The van der Waals surface area contributed by atoms with Crippen molar-refractivity contribution in [3.05, 3.63) is 87.5 Å². The second-order valence-electron chi connectivity index (χ2n) is 12.1. The lowest BCUT2D eigenvalue weighted by molar-refractivity contribution is -0.119. The highest BCUT2D eigenvalue weighted by molar-refractivity contribution is 6.39. The Labute approximate surface area is 279 Å². The number of ether oxygens (including phenoxy) is 1. The Balaban J connectivity index is 1.25. The Morgan fingerprint density at radius 1 is 1.04 bits per heavy atom. The molecule has 1 amide bonds. The number of methoxy groups -OCH3 is 1. The molecule has 10 heteroatoms. The molecule has 6 rings (SSSR count). The van der Waals surface area contributed by atoms with Crippen LogP contribution in [-0.2, 0) is 17.8 Å². The fourth-order valence-corrected chi connectivity index (χ4v) is 7.07. The number of hydrogen-bond donors (Lipinski definition) is 4. The smallest absolute Gasteiger partial charge is 0.220 e. The Morgan fingerprint density at radius 2 is 1.87 bits per heavy atom. The van der Waals surface area contributed by atoms with Crippen LogP contribution in [0.4, 0.5) is 0 Å². The third kappa shape index (κ3) is 7.06. The predicted octanol–water partition coefficient (Wildman–Crippen LogP) is 6.51. The molecular formula is C36H39Cl2N5O3. The molecule has 4 aromatic rings. The van der Waals surface area contributed by atoms with E-state index in [0.29, 0.717) is 53.4 Å². The highest BCUT2D eigenvalue weighted by Gasteiger charge is 2.23. The molecule has 3 atom stereocenters. The lowest BCUT2D eigenvalue weighted by Crippen LogP contribution is -2.35. The van der Waals surface area contributed by atoms with Crippen LogP contribution in [0.25, 0.3) is 33.6 Å². The SMILES string of the molecule is COc1nc(-c2cccc(-c3ccnc(-c4ccc5c(c4)CCCC5NC[C@H](C)O)c3Cl)c2Cl)ccc1CNC[C@@H]1CCC(=O)N1. The maximum absolute atomic E-state index is 11.5. The molecule has 1 saturated heterocycles. The Hall–Kier alpha value is -3.53. The van der Waals surface area contributed by atoms with Gasteiger partial charge < -0.3 is 25.8 Å². The summed E-state index contributed by atoms with van der Waals surface area (Å²) in [4.78, 5) is 21.0. The highest BCUT2D eigenvalue weighted by atomic mass is 35.5. The molecule has 8 nitrogen and oxygen atoms in total. The van der Waals surface area contributed by atoms with E-state index in [1.165, 1.54) is 11.1 Å². The summed E-state index contributed by atoms with van der Waals surface area (Å²) in [7, 11) is 1.61. The molecular weight excluding hydrogens is 621 g/mol. The lowest BCUT2D eigenvalue weighted by Gasteiger charge is -2.27. The molecule has 1 unspecified atom stereocenters. The minimum absolute atomic E-state index is 0.105. The summed E-state index contributed by atoms with van der Waals surface area (Å²) in [6, 6.07) is 18.5. The fraction of sp³-hybridized carbons (Fsp3) is 0.361. The van der Waals surface area contributed by atoms with E-state index in [1.54, 1.807) is 20.2 Å². The first-order chi connectivity index (χ1) is 22.3. The van der Waals surface area contributed by atoms with Crippen LogP contribution in [0.5, 0.6) is 5.88 Å². The van der Waals surface area contributed by atoms with Crippen molar-refractivity contribution < 1.29 is 14.6 Å². The third-order valence-corrected chi connectivity index (χ3v) is 9.56. The standard InChI is InChI=1S/C36H39Cl2N5O3/c1-21(44)18-41-30-8-3-5-22-17-23(9-12-26(22)30)35-34(38)28(15-16-40-35)27-6-4-7-29(33(27)37)31-13-10-24(36(43-31)46-2)19-39-20-25-11-14-32(45)42-25/h4,6-7,9-10,12-13,15-17,21,25,30,39,41,44H,3,5,8,11,14,18-20H2,1-2H3,(H,42,45)/t21-,25-,30?/m0/s1. The molecule has 0 spiro atoms. The number of aryl methyl sites for hydroxylation is 1. The molecule has 46 heavy (non-hydrogen) atoms. The number of nitrogens with one attached hydrogen (secondary N) is 3. The van der Waals surface area contributed by atoms with Gasteiger partial charge in [-0.15, -0.1) is 0 Å². The highest BCUT2D eigenvalue weighted by Crippen LogP contribution is 2.42. The summed E-state index contributed by atoms with van der Waals surface area (Å²) in [5, 5.41) is 20.7. The number of rotatable bonds is 11. The summed E-state index contributed by atoms with van der Waals surface area (Å²) >= 11 is 14.2. The topological polar surface area (TPSA) is 108 Å². The summed E-state index contributed by atoms with van der Waals surface area (Å²) in [6.07, 6.45) is 5.92. The van der Waals surface area contributed by atoms with Crippen LogP contribution in [0.1, 0.15) is 55.3 Å². The quantitative estimate of drug-likeness (QED) is 0.145. The van der Waals surface area contributed by atoms with Crippen LogP contribution in [0.15, 0.2) is 60.8 Å². The molecule has 2 aliphatic rings. The molecule has 4 N–H and O–H groups in total. The minimum atomic E-state index is -0.390. The number of pyridine rings is 2. The van der Waals surface area contributed by atoms with Gasteiger partial charge in [0.1, 0.15) is 0 Å². The molecule has 0 bridgehead atoms. The lowest BCUT2D eigenvalue weighted by atomic mass is 9.86. The van der Waals surface area contributed by atoms with Gasteiger partial charge in [-0.25, -0.2) is 4.98 Å². The van der Waals surface area contributed by atoms with Crippen molar-refractivity contribution in [1.29, 1.82) is 0 Å². The van der Waals surface area contributed by atoms with Crippen molar-refractivity contribution in [3.63, 3.8) is 0 Å². The van der Waals surface area contributed by atoms with E-state index >= 15 is 0 Å². The van der Waals surface area contributed by atoms with Gasteiger partial charge in [0.2, 0.25) is 11.8 Å². The van der Waals surface area contributed by atoms with Gasteiger partial charge in [0.05, 0.1) is 34.6 Å². The number of aliphatic hydroxyl groups excluding tert-OH is 1. The summed E-state index contributed by atoms with van der Waals surface area (Å²) in [5.41, 5.74) is 8.16. The number of aromatic nitrogens is 2. The second kappa shape index (κ2) is 14.5. The van der Waals surface area contributed by atoms with Crippen LogP contribution in [-0.4, -0.2) is 53.3 Å². The molecule has 1 fully saturated rings. The maximum atomic E-state index is 11.5. The van der Waals surface area contributed by atoms with Crippen LogP contribution in [0, 0.1) is 0 Å². The zero-order valence-corrected chi connectivity index (χ0v) is 27.6. The number of amides is 1. The van der Waals surface area contributed by atoms with E-state index < -0.39 is 0 Å². The molecule has 0 radical (unpaired) electrons. The maximum Gasteiger partial charge on any atom is 0.220 e. The third-order valence-electron chi connectivity index (χ3n) is 8.77. The average molecular weight is 661 g/mol. The van der Waals surface area contributed by atoms with Gasteiger partial charge in [-0.3, -0.25) is 9.78 Å². The number of carbonyl (C=O) groups is 1. The molecule has 240 valence electrons. The second-order valence-corrected chi connectivity index (χ2v) is 12.9. The first-order valence-corrected chi connectivity index (χ1v) is 16.6. The zero-order valence-electron chi connectivity index (χ0n) is 26.1. The largest absolute Gasteiger partial charge is 0.481 e. The molecule has 1 aliphatic carbocycles. The summed E-state index contributed by atoms with van der Waals surface area (Å²) < 4.78 is 5.65. The average Bonchev–Trinajstić information content (AvgIpc) is 3.48. The van der Waals surface area contributed by atoms with Gasteiger partial charge in [0.15, 0.2) is 0 Å². The zero-order chi connectivity index (χ0) is 32.2. The van der Waals surface area contributed by atoms with Crippen LogP contribution >= 0.6 is 23.2 Å². The van der Waals surface area contributed by atoms with Crippen molar-refractivity contribution >= 4 is 29.1 Å². The molecule has 1 aliphatic heterocycles. The Morgan fingerprint density at radius 3 is 2.65 bits per heavy atom. The first-order valence-electron chi connectivity index (χ1n) is 15.8. The number of fused-ring (bicyclic) bond motifs is 1. The summed E-state index contributed by atoms with van der Waals surface area (Å²) in [6.45, 7) is 3.61. The number of hydrogen-bond acceptors (Lipinski definition) is 7. The number of nitrogens with zero attached hydrogens (tertiary/aromatic N) is 2. The van der Waals surface area contributed by atoms with Gasteiger partial charge in [0.25, 0.3) is 0 Å². The van der Waals surface area contributed by atoms with Gasteiger partial charge in [-0.05, 0) is 61.9 Å². The summed E-state index contributed by atoms with van der Waals surface area (Å²) in [5.74, 6) is 0.621. The van der Waals surface area contributed by atoms with Gasteiger partial charge >= 0.3 is 0 Å². The normalized spacial score (nSPS) is 18.2. The van der Waals surface area contributed by atoms with Crippen LogP contribution in [0.2, 0.25) is 10.0 Å². The fourth-order valence-electron chi connectivity index (χ4n) is 6.42. The number of halogens is 2. The van der Waals surface area contributed by atoms with Crippen molar-refractivity contribution in [3.8, 4) is 39.5 Å². The monoisotopic (exact) mass is 659 g/mol. The Kier molecular flexibility index (Phi) is 10.2. The Bertz CT molecular complexity index is 1730. The molecule has 2 aromatic heterocycles. The molecule has 0 saturated carbocycles. The van der Waals surface area contributed by atoms with E-state index in [0.717, 1.165) is 53.5 Å². The number of aliphatic hydroxyl groups is 1. The van der Waals surface area contributed by atoms with Gasteiger partial charge in [-0.2, -0.15) is 0 Å². The van der Waals surface area contributed by atoms with Crippen molar-refractivity contribution in [2.45, 2.75) is 63.8 Å². The van der Waals surface area contributed by atoms with Crippen molar-refractivity contribution in [1.82, 2.24) is 25.9 Å². The number of benzene rings is 2. The molecule has 2 aromatic carbocycles. The van der Waals surface area contributed by atoms with Gasteiger partial charge in [-0.1, -0.05) is 59.6 Å².